The van der Waals surface area contributed by atoms with Gasteiger partial charge in [-0.05, 0) is 44.2 Å². The van der Waals surface area contributed by atoms with Crippen LogP contribution in [0.1, 0.15) is 25.6 Å². The SMILES string of the molecule is CCOC(=O)C1=C(C)N(C)C(=O)N[C@@H]1c1ccc(-c2cc(Cl)ccc2Cl)o1. The van der Waals surface area contributed by atoms with Crippen molar-refractivity contribution in [2.45, 2.75) is 19.9 Å². The van der Waals surface area contributed by atoms with Crippen LogP contribution in [0.25, 0.3) is 11.3 Å². The molecule has 6 nitrogen and oxygen atoms in total. The van der Waals surface area contributed by atoms with Gasteiger partial charge in [-0.1, -0.05) is 23.2 Å². The Morgan fingerprint density at radius 2 is 2.04 bits per heavy atom. The van der Waals surface area contributed by atoms with Crippen molar-refractivity contribution in [1.29, 1.82) is 0 Å². The monoisotopic (exact) mass is 408 g/mol. The van der Waals surface area contributed by atoms with E-state index in [0.29, 0.717) is 38.4 Å². The lowest BCUT2D eigenvalue weighted by Gasteiger charge is -2.31. The van der Waals surface area contributed by atoms with Crippen molar-refractivity contribution in [2.75, 3.05) is 13.7 Å². The van der Waals surface area contributed by atoms with Crippen molar-refractivity contribution in [2.24, 2.45) is 0 Å². The molecule has 0 bridgehead atoms. The van der Waals surface area contributed by atoms with Gasteiger partial charge >= 0.3 is 12.0 Å². The molecule has 2 aromatic rings. The van der Waals surface area contributed by atoms with Gasteiger partial charge in [0.05, 0.1) is 17.2 Å². The second-order valence-corrected chi connectivity index (χ2v) is 6.83. The number of halogens is 2. The van der Waals surface area contributed by atoms with E-state index in [1.807, 2.05) is 0 Å². The summed E-state index contributed by atoms with van der Waals surface area (Å²) in [6.07, 6.45) is 0. The van der Waals surface area contributed by atoms with Crippen molar-refractivity contribution >= 4 is 35.2 Å². The number of nitrogens with zero attached hydrogens (tertiary/aromatic N) is 1. The summed E-state index contributed by atoms with van der Waals surface area (Å²) in [5.74, 6) is 0.363. The van der Waals surface area contributed by atoms with E-state index in [0.717, 1.165) is 0 Å². The van der Waals surface area contributed by atoms with Crippen LogP contribution >= 0.6 is 23.2 Å². The lowest BCUT2D eigenvalue weighted by molar-refractivity contribution is -0.139. The maximum absolute atomic E-state index is 12.5. The van der Waals surface area contributed by atoms with E-state index in [-0.39, 0.29) is 12.6 Å². The molecule has 0 aliphatic carbocycles. The first-order chi connectivity index (χ1) is 12.8. The standard InChI is InChI=1S/C19H18Cl2N2O4/c1-4-26-18(24)16-10(2)23(3)19(25)22-17(16)15-8-7-14(27-15)12-9-11(20)5-6-13(12)21/h5-9,17H,4H2,1-3H3,(H,22,25)/t17-/m1/s1. The molecule has 2 heterocycles. The van der Waals surface area contributed by atoms with Crippen LogP contribution in [0.2, 0.25) is 10.0 Å². The molecule has 27 heavy (non-hydrogen) atoms. The van der Waals surface area contributed by atoms with Crippen LogP contribution in [0.4, 0.5) is 4.79 Å². The molecule has 8 heteroatoms. The second kappa shape index (κ2) is 7.66. The Hall–Kier alpha value is -2.44. The minimum Gasteiger partial charge on any atom is -0.463 e. The lowest BCUT2D eigenvalue weighted by Crippen LogP contribution is -2.46. The highest BCUT2D eigenvalue weighted by Gasteiger charge is 2.36. The fourth-order valence-corrected chi connectivity index (χ4v) is 3.24. The number of carbonyl (C=O) groups is 2. The molecule has 1 N–H and O–H groups in total. The highest BCUT2D eigenvalue weighted by molar-refractivity contribution is 6.35. The number of amides is 2. The molecule has 1 aliphatic heterocycles. The number of hydrogen-bond donors (Lipinski definition) is 1. The van der Waals surface area contributed by atoms with Crippen LogP contribution in [-0.4, -0.2) is 30.6 Å². The van der Waals surface area contributed by atoms with Gasteiger partial charge in [0.1, 0.15) is 17.6 Å². The number of carbonyl (C=O) groups excluding carboxylic acids is 2. The third-order valence-electron chi connectivity index (χ3n) is 4.35. The molecule has 0 unspecified atom stereocenters. The summed E-state index contributed by atoms with van der Waals surface area (Å²) in [4.78, 5) is 26.1. The van der Waals surface area contributed by atoms with Gasteiger partial charge in [0.25, 0.3) is 0 Å². The Balaban J connectivity index is 2.04. The average molecular weight is 409 g/mol. The average Bonchev–Trinajstić information content (AvgIpc) is 3.11. The van der Waals surface area contributed by atoms with Crippen LogP contribution in [0, 0.1) is 0 Å². The molecule has 0 saturated carbocycles. The zero-order valence-electron chi connectivity index (χ0n) is 15.0. The van der Waals surface area contributed by atoms with Crippen molar-refractivity contribution in [1.82, 2.24) is 10.2 Å². The predicted molar refractivity (Wildman–Crippen MR) is 103 cm³/mol. The smallest absolute Gasteiger partial charge is 0.338 e. The number of nitrogens with one attached hydrogen (secondary N) is 1. The molecule has 0 saturated heterocycles. The third-order valence-corrected chi connectivity index (χ3v) is 4.92. The topological polar surface area (TPSA) is 71.8 Å². The number of allylic oxidation sites excluding steroid dienone is 1. The highest BCUT2D eigenvalue weighted by atomic mass is 35.5. The number of urea groups is 1. The van der Waals surface area contributed by atoms with Gasteiger partial charge in [-0.15, -0.1) is 0 Å². The second-order valence-electron chi connectivity index (χ2n) is 5.99. The van der Waals surface area contributed by atoms with Gasteiger partial charge in [-0.3, -0.25) is 0 Å². The Labute approximate surface area is 166 Å². The predicted octanol–water partition coefficient (Wildman–Crippen LogP) is 4.79. The minimum atomic E-state index is -0.764. The summed E-state index contributed by atoms with van der Waals surface area (Å²) in [5, 5.41) is 3.76. The number of hydrogen-bond acceptors (Lipinski definition) is 4. The molecule has 0 radical (unpaired) electrons. The fraction of sp³-hybridized carbons (Fsp3) is 0.263. The summed E-state index contributed by atoms with van der Waals surface area (Å²) in [5.41, 5.74) is 1.44. The van der Waals surface area contributed by atoms with Gasteiger partial charge in [-0.2, -0.15) is 0 Å². The molecule has 1 aliphatic rings. The maximum atomic E-state index is 12.5. The van der Waals surface area contributed by atoms with Crippen molar-refractivity contribution in [3.05, 3.63) is 57.4 Å². The summed E-state index contributed by atoms with van der Waals surface area (Å²) in [7, 11) is 1.58. The van der Waals surface area contributed by atoms with E-state index in [4.69, 9.17) is 32.4 Å². The van der Waals surface area contributed by atoms with Crippen molar-refractivity contribution in [3.8, 4) is 11.3 Å². The van der Waals surface area contributed by atoms with Crippen LogP contribution in [0.5, 0.6) is 0 Å². The van der Waals surface area contributed by atoms with Crippen LogP contribution in [0.3, 0.4) is 0 Å². The molecule has 1 aromatic heterocycles. The molecule has 1 aromatic carbocycles. The lowest BCUT2D eigenvalue weighted by atomic mass is 10.00. The normalized spacial score (nSPS) is 17.1. The third kappa shape index (κ3) is 3.68. The summed E-state index contributed by atoms with van der Waals surface area (Å²) < 4.78 is 11.1. The Morgan fingerprint density at radius 1 is 1.30 bits per heavy atom. The molecular weight excluding hydrogens is 391 g/mol. The Kier molecular flexibility index (Phi) is 5.48. The highest BCUT2D eigenvalue weighted by Crippen LogP contribution is 2.36. The van der Waals surface area contributed by atoms with E-state index in [9.17, 15) is 9.59 Å². The molecule has 0 fully saturated rings. The first-order valence-corrected chi connectivity index (χ1v) is 9.06. The number of ether oxygens (including phenoxy) is 1. The quantitative estimate of drug-likeness (QED) is 0.738. The van der Waals surface area contributed by atoms with E-state index >= 15 is 0 Å². The summed E-state index contributed by atoms with van der Waals surface area (Å²) in [6, 6.07) is 7.34. The van der Waals surface area contributed by atoms with E-state index in [1.165, 1.54) is 4.90 Å². The zero-order chi connectivity index (χ0) is 19.7. The molecule has 0 spiro atoms. The number of benzene rings is 1. The molecule has 2 amide bonds. The molecular formula is C19H18Cl2N2O4. The van der Waals surface area contributed by atoms with E-state index in [2.05, 4.69) is 5.32 Å². The molecule has 142 valence electrons. The van der Waals surface area contributed by atoms with Crippen LogP contribution in [0.15, 0.2) is 46.0 Å². The maximum Gasteiger partial charge on any atom is 0.338 e. The first-order valence-electron chi connectivity index (χ1n) is 8.30. The van der Waals surface area contributed by atoms with Gasteiger partial charge in [0.2, 0.25) is 0 Å². The van der Waals surface area contributed by atoms with Crippen LogP contribution in [-0.2, 0) is 9.53 Å². The van der Waals surface area contributed by atoms with Crippen LogP contribution < -0.4 is 5.32 Å². The number of rotatable bonds is 4. The van der Waals surface area contributed by atoms with E-state index in [1.54, 1.807) is 51.2 Å². The van der Waals surface area contributed by atoms with Crippen molar-refractivity contribution in [3.63, 3.8) is 0 Å². The Bertz CT molecular complexity index is 936. The fourth-order valence-electron chi connectivity index (χ4n) is 2.86. The number of esters is 1. The number of furan rings is 1. The van der Waals surface area contributed by atoms with Gasteiger partial charge < -0.3 is 19.4 Å². The van der Waals surface area contributed by atoms with Gasteiger partial charge in [-0.25, -0.2) is 9.59 Å². The first kappa shape index (κ1) is 19.3. The minimum absolute atomic E-state index is 0.224. The summed E-state index contributed by atoms with van der Waals surface area (Å²) >= 11 is 12.3. The van der Waals surface area contributed by atoms with Crippen molar-refractivity contribution < 1.29 is 18.7 Å². The molecule has 1 atom stereocenters. The van der Waals surface area contributed by atoms with Gasteiger partial charge in [0, 0.05) is 23.3 Å². The van der Waals surface area contributed by atoms with Gasteiger partial charge in [0.15, 0.2) is 0 Å². The largest absolute Gasteiger partial charge is 0.463 e. The molecule has 3 rings (SSSR count). The summed E-state index contributed by atoms with van der Waals surface area (Å²) in [6.45, 7) is 3.64. The Morgan fingerprint density at radius 3 is 2.74 bits per heavy atom. The zero-order valence-corrected chi connectivity index (χ0v) is 16.5. The van der Waals surface area contributed by atoms with E-state index < -0.39 is 12.0 Å².